The number of rotatable bonds is 4. The molecule has 0 aromatic rings. The fourth-order valence-electron chi connectivity index (χ4n) is 3.41. The number of ether oxygens (including phenoxy) is 1. The lowest BCUT2D eigenvalue weighted by atomic mass is 9.90. The van der Waals surface area contributed by atoms with E-state index in [-0.39, 0.29) is 17.6 Å². The monoisotopic (exact) mass is 283 g/mol. The van der Waals surface area contributed by atoms with Crippen molar-refractivity contribution in [3.05, 3.63) is 0 Å². The summed E-state index contributed by atoms with van der Waals surface area (Å²) in [7, 11) is 0. The summed E-state index contributed by atoms with van der Waals surface area (Å²) in [6, 6.07) is 0. The second kappa shape index (κ2) is 5.72. The maximum absolute atomic E-state index is 12.5. The Morgan fingerprint density at radius 2 is 2.00 bits per heavy atom. The van der Waals surface area contributed by atoms with Gasteiger partial charge in [0.25, 0.3) is 0 Å². The zero-order valence-electron chi connectivity index (χ0n) is 12.5. The van der Waals surface area contributed by atoms with E-state index in [0.717, 1.165) is 12.8 Å². The predicted octanol–water partition coefficient (Wildman–Crippen LogP) is 1.81. The summed E-state index contributed by atoms with van der Waals surface area (Å²) in [4.78, 5) is 23.9. The van der Waals surface area contributed by atoms with Gasteiger partial charge in [-0.1, -0.05) is 13.3 Å². The molecule has 1 saturated carbocycles. The third kappa shape index (κ3) is 2.82. The van der Waals surface area contributed by atoms with Crippen LogP contribution in [-0.4, -0.2) is 35.2 Å². The summed E-state index contributed by atoms with van der Waals surface area (Å²) < 4.78 is 5.52. The fourth-order valence-corrected chi connectivity index (χ4v) is 3.41. The van der Waals surface area contributed by atoms with Crippen LogP contribution in [0.15, 0.2) is 0 Å². The highest BCUT2D eigenvalue weighted by molar-refractivity contribution is 5.85. The molecule has 0 spiro atoms. The third-order valence-corrected chi connectivity index (χ3v) is 5.19. The molecule has 2 rings (SSSR count). The Morgan fingerprint density at radius 1 is 1.35 bits per heavy atom. The maximum atomic E-state index is 12.5. The van der Waals surface area contributed by atoms with Crippen LogP contribution in [0.1, 0.15) is 46.5 Å². The Bertz CT molecular complexity index is 397. The van der Waals surface area contributed by atoms with Crippen LogP contribution in [-0.2, 0) is 14.3 Å². The molecule has 0 aromatic heterocycles. The number of nitrogens with one attached hydrogen (secondary N) is 1. The molecule has 1 amide bonds. The summed E-state index contributed by atoms with van der Waals surface area (Å²) >= 11 is 0. The minimum atomic E-state index is -0.845. The van der Waals surface area contributed by atoms with Gasteiger partial charge < -0.3 is 15.2 Å². The second-order valence-electron chi connectivity index (χ2n) is 6.47. The molecule has 5 nitrogen and oxygen atoms in total. The molecule has 1 saturated heterocycles. The molecule has 114 valence electrons. The summed E-state index contributed by atoms with van der Waals surface area (Å²) in [5, 5.41) is 12.4. The number of aliphatic carboxylic acids is 1. The quantitative estimate of drug-likeness (QED) is 0.825. The molecule has 0 radical (unpaired) electrons. The van der Waals surface area contributed by atoms with Crippen molar-refractivity contribution in [1.82, 2.24) is 5.32 Å². The zero-order chi connectivity index (χ0) is 14.9. The number of hydrogen-bond acceptors (Lipinski definition) is 3. The Hall–Kier alpha value is -1.10. The first-order valence-electron chi connectivity index (χ1n) is 7.53. The number of carbonyl (C=O) groups is 2. The van der Waals surface area contributed by atoms with E-state index in [2.05, 4.69) is 12.2 Å². The highest BCUT2D eigenvalue weighted by Gasteiger charge is 2.45. The van der Waals surface area contributed by atoms with Gasteiger partial charge in [0.05, 0.1) is 23.5 Å². The summed E-state index contributed by atoms with van der Waals surface area (Å²) in [6.07, 6.45) is 2.99. The van der Waals surface area contributed by atoms with Gasteiger partial charge in [-0.15, -0.1) is 0 Å². The van der Waals surface area contributed by atoms with Gasteiger partial charge in [0.15, 0.2) is 0 Å². The van der Waals surface area contributed by atoms with Crippen molar-refractivity contribution in [1.29, 1.82) is 0 Å². The van der Waals surface area contributed by atoms with Crippen molar-refractivity contribution >= 4 is 11.9 Å². The van der Waals surface area contributed by atoms with Crippen molar-refractivity contribution in [3.8, 4) is 0 Å². The SMILES string of the molecule is CCC1C[C@H](C(=O)NC2(C)CCOC2C)[C@H](C(=O)O)C1. The molecule has 1 heterocycles. The smallest absolute Gasteiger partial charge is 0.307 e. The molecular formula is C15H25NO4. The molecule has 2 N–H and O–H groups in total. The van der Waals surface area contributed by atoms with Crippen LogP contribution in [0.2, 0.25) is 0 Å². The van der Waals surface area contributed by atoms with Gasteiger partial charge in [0.1, 0.15) is 0 Å². The van der Waals surface area contributed by atoms with Gasteiger partial charge in [0.2, 0.25) is 5.91 Å². The largest absolute Gasteiger partial charge is 0.481 e. The average Bonchev–Trinajstić information content (AvgIpc) is 2.94. The summed E-state index contributed by atoms with van der Waals surface area (Å²) in [6.45, 7) is 6.62. The van der Waals surface area contributed by atoms with E-state index in [9.17, 15) is 14.7 Å². The number of carbonyl (C=O) groups excluding carboxylic acids is 1. The number of carboxylic acid groups (broad SMARTS) is 1. The Kier molecular flexibility index (Phi) is 4.37. The first-order chi connectivity index (χ1) is 9.37. The number of amides is 1. The summed E-state index contributed by atoms with van der Waals surface area (Å²) in [5.74, 6) is -1.56. The fraction of sp³-hybridized carbons (Fsp3) is 0.867. The Labute approximate surface area is 120 Å². The average molecular weight is 283 g/mol. The van der Waals surface area contributed by atoms with E-state index in [0.29, 0.717) is 25.4 Å². The molecule has 5 atom stereocenters. The second-order valence-corrected chi connectivity index (χ2v) is 6.47. The number of carboxylic acids is 1. The highest BCUT2D eigenvalue weighted by Crippen LogP contribution is 2.39. The van der Waals surface area contributed by atoms with Crippen molar-refractivity contribution in [2.75, 3.05) is 6.61 Å². The van der Waals surface area contributed by atoms with Crippen LogP contribution in [0.3, 0.4) is 0 Å². The molecule has 1 aliphatic heterocycles. The predicted molar refractivity (Wildman–Crippen MR) is 74.2 cm³/mol. The molecule has 2 fully saturated rings. The van der Waals surface area contributed by atoms with Crippen LogP contribution >= 0.6 is 0 Å². The molecule has 3 unspecified atom stereocenters. The van der Waals surface area contributed by atoms with Crippen LogP contribution in [0.4, 0.5) is 0 Å². The van der Waals surface area contributed by atoms with E-state index in [1.54, 1.807) is 0 Å². The van der Waals surface area contributed by atoms with Crippen molar-refractivity contribution in [3.63, 3.8) is 0 Å². The Morgan fingerprint density at radius 3 is 2.50 bits per heavy atom. The number of hydrogen-bond donors (Lipinski definition) is 2. The van der Waals surface area contributed by atoms with E-state index < -0.39 is 17.8 Å². The highest BCUT2D eigenvalue weighted by atomic mass is 16.5. The zero-order valence-corrected chi connectivity index (χ0v) is 12.5. The molecule has 1 aliphatic carbocycles. The van der Waals surface area contributed by atoms with E-state index in [1.807, 2.05) is 13.8 Å². The molecule has 0 aromatic carbocycles. The normalized spacial score (nSPS) is 40.8. The standard InChI is InChI=1S/C15H25NO4/c1-4-10-7-11(12(8-10)14(18)19)13(17)16-15(3)5-6-20-9(15)2/h9-12H,4-8H2,1-3H3,(H,16,17)(H,18,19)/t9?,10?,11-,12+,15?/m0/s1. The van der Waals surface area contributed by atoms with Gasteiger partial charge in [-0.05, 0) is 39.0 Å². The van der Waals surface area contributed by atoms with Crippen LogP contribution in [0, 0.1) is 17.8 Å². The lowest BCUT2D eigenvalue weighted by Crippen LogP contribution is -2.53. The van der Waals surface area contributed by atoms with Crippen LogP contribution < -0.4 is 5.32 Å². The molecule has 2 aliphatic rings. The first kappa shape index (κ1) is 15.3. The molecule has 5 heteroatoms. The molecule has 0 bridgehead atoms. The molecular weight excluding hydrogens is 258 g/mol. The molecule has 20 heavy (non-hydrogen) atoms. The van der Waals surface area contributed by atoms with E-state index in [4.69, 9.17) is 4.74 Å². The van der Waals surface area contributed by atoms with Crippen LogP contribution in [0.25, 0.3) is 0 Å². The minimum absolute atomic E-state index is 0.0295. The van der Waals surface area contributed by atoms with Gasteiger partial charge in [-0.3, -0.25) is 9.59 Å². The minimum Gasteiger partial charge on any atom is -0.481 e. The third-order valence-electron chi connectivity index (χ3n) is 5.19. The topological polar surface area (TPSA) is 75.6 Å². The van der Waals surface area contributed by atoms with Gasteiger partial charge >= 0.3 is 5.97 Å². The maximum Gasteiger partial charge on any atom is 0.307 e. The summed E-state index contributed by atoms with van der Waals surface area (Å²) in [5.41, 5.74) is -0.371. The first-order valence-corrected chi connectivity index (χ1v) is 7.53. The van der Waals surface area contributed by atoms with Gasteiger partial charge in [-0.25, -0.2) is 0 Å². The van der Waals surface area contributed by atoms with Gasteiger partial charge in [0, 0.05) is 6.61 Å². The lowest BCUT2D eigenvalue weighted by molar-refractivity contribution is -0.146. The van der Waals surface area contributed by atoms with Gasteiger partial charge in [-0.2, -0.15) is 0 Å². The van der Waals surface area contributed by atoms with Crippen molar-refractivity contribution < 1.29 is 19.4 Å². The Balaban J connectivity index is 2.05. The van der Waals surface area contributed by atoms with E-state index >= 15 is 0 Å². The van der Waals surface area contributed by atoms with Crippen molar-refractivity contribution in [2.24, 2.45) is 17.8 Å². The lowest BCUT2D eigenvalue weighted by Gasteiger charge is -2.31. The van der Waals surface area contributed by atoms with Crippen molar-refractivity contribution in [2.45, 2.75) is 58.1 Å². The van der Waals surface area contributed by atoms with E-state index in [1.165, 1.54) is 0 Å². The van der Waals surface area contributed by atoms with Crippen LogP contribution in [0.5, 0.6) is 0 Å².